The van der Waals surface area contributed by atoms with Gasteiger partial charge in [-0.1, -0.05) is 12.8 Å². The van der Waals surface area contributed by atoms with Gasteiger partial charge in [0.25, 0.3) is 0 Å². The van der Waals surface area contributed by atoms with Crippen LogP contribution in [-0.2, 0) is 9.59 Å². The molecule has 0 spiro atoms. The summed E-state index contributed by atoms with van der Waals surface area (Å²) in [4.78, 5) is 21.1. The number of hydrogen-bond donors (Lipinski definition) is 2. The van der Waals surface area contributed by atoms with Crippen molar-refractivity contribution in [2.24, 2.45) is 0 Å². The summed E-state index contributed by atoms with van der Waals surface area (Å²) in [6.45, 7) is 1.78. The van der Waals surface area contributed by atoms with Crippen LogP contribution in [0.5, 0.6) is 0 Å². The molecular weight excluding hydrogens is 243 g/mol. The second kappa shape index (κ2) is 11.7. The van der Waals surface area contributed by atoms with Crippen LogP contribution in [0.4, 0.5) is 0 Å². The Morgan fingerprint density at radius 3 is 1.53 bits per heavy atom. The normalized spacial score (nSPS) is 20.5. The molecule has 0 radical (unpaired) electrons. The van der Waals surface area contributed by atoms with Gasteiger partial charge in [0.15, 0.2) is 0 Å². The third-order valence-electron chi connectivity index (χ3n) is 2.81. The van der Waals surface area contributed by atoms with E-state index in [9.17, 15) is 9.59 Å². The van der Waals surface area contributed by atoms with Crippen LogP contribution in [0.15, 0.2) is 0 Å². The maximum Gasteiger partial charge on any atom is 1.00 e. The van der Waals surface area contributed by atoms with E-state index in [0.29, 0.717) is 0 Å². The van der Waals surface area contributed by atoms with E-state index >= 15 is 0 Å². The average molecular weight is 266 g/mol. The molecule has 0 atom stereocenters. The summed E-state index contributed by atoms with van der Waals surface area (Å²) >= 11 is 0. The Morgan fingerprint density at radius 2 is 1.12 bits per heavy atom. The maximum absolute atomic E-state index is 10.6. The fourth-order valence-corrected chi connectivity index (χ4v) is 1.81. The number of nitrogens with one attached hydrogen (secondary N) is 2. The second-order valence-electron chi connectivity index (χ2n) is 4.32. The summed E-state index contributed by atoms with van der Waals surface area (Å²) in [7, 11) is 0. The molecule has 2 aliphatic heterocycles. The summed E-state index contributed by atoms with van der Waals surface area (Å²) in [5.74, 6) is 0.449. The van der Waals surface area contributed by atoms with E-state index in [1.165, 1.54) is 12.8 Å². The minimum atomic E-state index is 0. The van der Waals surface area contributed by atoms with Gasteiger partial charge in [-0.25, -0.2) is 0 Å². The van der Waals surface area contributed by atoms with E-state index in [-0.39, 0.29) is 64.6 Å². The Labute approximate surface area is 148 Å². The minimum Gasteiger partial charge on any atom is -1.00 e. The molecule has 2 rings (SSSR count). The van der Waals surface area contributed by atoms with Gasteiger partial charge in [0.05, 0.1) is 0 Å². The Morgan fingerprint density at radius 1 is 0.706 bits per heavy atom. The second-order valence-corrected chi connectivity index (χ2v) is 4.32. The molecule has 0 aromatic heterocycles. The van der Waals surface area contributed by atoms with Crippen LogP contribution in [0.1, 0.15) is 52.8 Å². The van der Waals surface area contributed by atoms with Gasteiger partial charge in [0, 0.05) is 25.9 Å². The van der Waals surface area contributed by atoms with Crippen LogP contribution in [0.2, 0.25) is 0 Å². The molecule has 2 fully saturated rings. The van der Waals surface area contributed by atoms with Crippen LogP contribution in [0, 0.1) is 0 Å². The molecular formula is C12H23KN2O2. The zero-order valence-electron chi connectivity index (χ0n) is 11.9. The fourth-order valence-electron chi connectivity index (χ4n) is 1.81. The van der Waals surface area contributed by atoms with Crippen LogP contribution >= 0.6 is 0 Å². The first-order valence-electron chi connectivity index (χ1n) is 6.32. The third-order valence-corrected chi connectivity index (χ3v) is 2.81. The average Bonchev–Trinajstić information content (AvgIpc) is 2.64. The van der Waals surface area contributed by atoms with Gasteiger partial charge in [-0.05, 0) is 25.7 Å². The molecule has 4 nitrogen and oxygen atoms in total. The predicted molar refractivity (Wildman–Crippen MR) is 64.1 cm³/mol. The first-order valence-corrected chi connectivity index (χ1v) is 6.32. The number of carbonyl (C=O) groups is 2. The Balaban J connectivity index is 0. The number of carbonyl (C=O) groups excluding carboxylic acids is 2. The quantitative estimate of drug-likeness (QED) is 0.523. The van der Waals surface area contributed by atoms with E-state index in [0.717, 1.165) is 51.6 Å². The van der Waals surface area contributed by atoms with Crippen molar-refractivity contribution in [3.8, 4) is 0 Å². The Bertz CT molecular complexity index is 196. The van der Waals surface area contributed by atoms with E-state index in [1.807, 2.05) is 0 Å². The molecule has 0 aromatic carbocycles. The molecule has 2 saturated heterocycles. The van der Waals surface area contributed by atoms with Crippen molar-refractivity contribution in [2.75, 3.05) is 13.1 Å². The van der Waals surface area contributed by atoms with E-state index in [1.54, 1.807) is 0 Å². The van der Waals surface area contributed by atoms with Crippen molar-refractivity contribution in [1.29, 1.82) is 0 Å². The Hall–Kier alpha value is 0.576. The molecule has 94 valence electrons. The number of hydrogen-bond acceptors (Lipinski definition) is 2. The SMILES string of the molecule is O=C1CCCCCN1.O=C1CCCCCN1.[H-].[K+]. The van der Waals surface area contributed by atoms with Gasteiger partial charge >= 0.3 is 51.4 Å². The number of rotatable bonds is 0. The largest absolute Gasteiger partial charge is 1.00 e. The molecule has 0 aliphatic carbocycles. The smallest absolute Gasteiger partial charge is 1.00 e. The summed E-state index contributed by atoms with van der Waals surface area (Å²) < 4.78 is 0. The van der Waals surface area contributed by atoms with Gasteiger partial charge in [-0.2, -0.15) is 0 Å². The molecule has 0 bridgehead atoms. The van der Waals surface area contributed by atoms with Crippen molar-refractivity contribution >= 4 is 11.8 Å². The topological polar surface area (TPSA) is 58.2 Å². The van der Waals surface area contributed by atoms with Crippen LogP contribution < -0.4 is 62.0 Å². The van der Waals surface area contributed by atoms with Gasteiger partial charge < -0.3 is 12.1 Å². The molecule has 17 heavy (non-hydrogen) atoms. The maximum atomic E-state index is 10.6. The van der Waals surface area contributed by atoms with E-state index in [4.69, 9.17) is 0 Å². The zero-order valence-corrected chi connectivity index (χ0v) is 14.0. The van der Waals surface area contributed by atoms with Crippen LogP contribution in [0.25, 0.3) is 0 Å². The number of amides is 2. The summed E-state index contributed by atoms with van der Waals surface area (Å²) in [6.07, 6.45) is 8.35. The molecule has 5 heteroatoms. The van der Waals surface area contributed by atoms with Crippen molar-refractivity contribution < 1.29 is 62.4 Å². The zero-order chi connectivity index (χ0) is 11.6. The van der Waals surface area contributed by atoms with Crippen molar-refractivity contribution in [3.05, 3.63) is 0 Å². The molecule has 2 N–H and O–H groups in total. The van der Waals surface area contributed by atoms with Gasteiger partial charge in [-0.15, -0.1) is 0 Å². The third kappa shape index (κ3) is 10.2. The predicted octanol–water partition coefficient (Wildman–Crippen LogP) is -1.53. The molecule has 0 unspecified atom stereocenters. The van der Waals surface area contributed by atoms with Crippen molar-refractivity contribution in [2.45, 2.75) is 51.4 Å². The van der Waals surface area contributed by atoms with Gasteiger partial charge in [0.1, 0.15) is 0 Å². The molecule has 0 saturated carbocycles. The summed E-state index contributed by atoms with van der Waals surface area (Å²) in [5.41, 5.74) is 0. The van der Waals surface area contributed by atoms with Crippen molar-refractivity contribution in [3.63, 3.8) is 0 Å². The summed E-state index contributed by atoms with van der Waals surface area (Å²) in [5, 5.41) is 5.61. The van der Waals surface area contributed by atoms with Gasteiger partial charge in [-0.3, -0.25) is 9.59 Å². The van der Waals surface area contributed by atoms with E-state index < -0.39 is 0 Å². The van der Waals surface area contributed by atoms with Crippen LogP contribution in [-0.4, -0.2) is 24.9 Å². The Kier molecular flexibility index (Phi) is 12.0. The molecule has 2 amide bonds. The molecule has 2 aliphatic rings. The summed E-state index contributed by atoms with van der Waals surface area (Å²) in [6, 6.07) is 0. The minimum absolute atomic E-state index is 0. The van der Waals surface area contributed by atoms with E-state index in [2.05, 4.69) is 10.6 Å². The standard InChI is InChI=1S/2C6H11NO.K.H/c2*8-6-4-2-1-3-5-7-6;;/h2*1-5H2,(H,7,8);;/q;;+1;-1. The molecule has 0 aromatic rings. The molecule has 2 heterocycles. The monoisotopic (exact) mass is 266 g/mol. The van der Waals surface area contributed by atoms with Crippen molar-refractivity contribution in [1.82, 2.24) is 10.6 Å². The fraction of sp³-hybridized carbons (Fsp3) is 0.833. The van der Waals surface area contributed by atoms with Crippen LogP contribution in [0.3, 0.4) is 0 Å². The first kappa shape index (κ1) is 17.6. The van der Waals surface area contributed by atoms with Gasteiger partial charge in [0.2, 0.25) is 11.8 Å². The first-order chi connectivity index (χ1) is 7.79.